The summed E-state index contributed by atoms with van der Waals surface area (Å²) in [5, 5.41) is 43.3. The highest BCUT2D eigenvalue weighted by Gasteiger charge is 2.83. The first-order chi connectivity index (χ1) is 17.6. The Morgan fingerprint density at radius 3 is 2.51 bits per heavy atom. The second kappa shape index (κ2) is 8.20. The van der Waals surface area contributed by atoms with Gasteiger partial charge in [-0.05, 0) is 80.7 Å². The lowest BCUT2D eigenvalue weighted by Gasteiger charge is -2.27. The van der Waals surface area contributed by atoms with Crippen molar-refractivity contribution in [1.82, 2.24) is 5.32 Å². The summed E-state index contributed by atoms with van der Waals surface area (Å²) in [6, 6.07) is 10.6. The minimum atomic E-state index is -0.981. The molecule has 7 rings (SSSR count). The Morgan fingerprint density at radius 1 is 1.11 bits per heavy atom. The molecule has 3 unspecified atom stereocenters. The van der Waals surface area contributed by atoms with Crippen LogP contribution in [0.2, 0.25) is 0 Å². The fourth-order valence-corrected chi connectivity index (χ4v) is 6.54. The van der Waals surface area contributed by atoms with E-state index in [1.807, 2.05) is 25.1 Å². The van der Waals surface area contributed by atoms with Crippen LogP contribution in [0.15, 0.2) is 41.4 Å². The summed E-state index contributed by atoms with van der Waals surface area (Å²) in [5.74, 6) is 1.49. The highest BCUT2D eigenvalue weighted by Crippen LogP contribution is 2.69. The third-order valence-corrected chi connectivity index (χ3v) is 8.90. The third kappa shape index (κ3) is 3.64. The number of amides is 1. The number of carbonyl (C=O) groups excluding carboxylic acids is 1. The number of carbonyl (C=O) groups is 1. The van der Waals surface area contributed by atoms with Gasteiger partial charge in [0, 0.05) is 18.5 Å². The highest BCUT2D eigenvalue weighted by molar-refractivity contribution is 6.22. The van der Waals surface area contributed by atoms with Gasteiger partial charge in [0.1, 0.15) is 22.9 Å². The summed E-state index contributed by atoms with van der Waals surface area (Å²) in [5.41, 5.74) is 1.52. The number of aromatic hydroxyl groups is 2. The third-order valence-electron chi connectivity index (χ3n) is 8.90. The number of nitrogens with zero attached hydrogens (tertiary/aromatic N) is 1. The first kappa shape index (κ1) is 24.2. The highest BCUT2D eigenvalue weighted by atomic mass is 16.5. The number of fused-ring (bicyclic) bond motifs is 1. The summed E-state index contributed by atoms with van der Waals surface area (Å²) in [6.45, 7) is 2.34. The Labute approximate surface area is 216 Å². The van der Waals surface area contributed by atoms with Crippen LogP contribution in [0.5, 0.6) is 17.2 Å². The van der Waals surface area contributed by atoms with Gasteiger partial charge in [-0.1, -0.05) is 18.2 Å². The molecule has 5 N–H and O–H groups in total. The molecule has 0 radical (unpaired) electrons. The quantitative estimate of drug-likeness (QED) is 0.433. The lowest BCUT2D eigenvalue weighted by Crippen LogP contribution is -2.38. The van der Waals surface area contributed by atoms with E-state index in [0.717, 1.165) is 54.5 Å². The molecule has 4 fully saturated rings. The fraction of sp³-hybridized carbons (Fsp3) is 0.517. The molecule has 8 nitrogen and oxygen atoms in total. The van der Waals surface area contributed by atoms with Crippen LogP contribution in [0, 0.1) is 12.8 Å². The number of aliphatic hydroxyl groups is 2. The van der Waals surface area contributed by atoms with Crippen LogP contribution >= 0.6 is 0 Å². The van der Waals surface area contributed by atoms with Crippen LogP contribution in [0.4, 0.5) is 0 Å². The number of rotatable bonds is 4. The fourth-order valence-electron chi connectivity index (χ4n) is 6.54. The maximum Gasteiger partial charge on any atom is 0.223 e. The molecule has 0 saturated heterocycles. The van der Waals surface area contributed by atoms with E-state index in [0.29, 0.717) is 24.6 Å². The molecule has 0 bridgehead atoms. The van der Waals surface area contributed by atoms with Crippen molar-refractivity contribution in [2.75, 3.05) is 13.6 Å². The molecule has 1 heterocycles. The molecule has 1 spiro atoms. The first-order valence-electron chi connectivity index (χ1n) is 13.1. The van der Waals surface area contributed by atoms with Crippen molar-refractivity contribution >= 4 is 11.6 Å². The predicted octanol–water partition coefficient (Wildman–Crippen LogP) is 2.84. The molecule has 4 aliphatic carbocycles. The number of hydrogen-bond donors (Lipinski definition) is 5. The molecule has 8 heteroatoms. The average Bonchev–Trinajstić information content (AvgIpc) is 3.82. The van der Waals surface area contributed by atoms with Crippen LogP contribution in [0.3, 0.4) is 0 Å². The Balaban J connectivity index is 0.000000155. The second-order valence-electron chi connectivity index (χ2n) is 11.3. The van der Waals surface area contributed by atoms with E-state index in [-0.39, 0.29) is 29.4 Å². The van der Waals surface area contributed by atoms with Gasteiger partial charge in [-0.2, -0.15) is 0 Å². The van der Waals surface area contributed by atoms with Crippen LogP contribution in [-0.4, -0.2) is 62.9 Å². The van der Waals surface area contributed by atoms with E-state index in [2.05, 4.69) is 10.3 Å². The monoisotopic (exact) mass is 506 g/mol. The van der Waals surface area contributed by atoms with Crippen molar-refractivity contribution in [3.8, 4) is 17.2 Å². The summed E-state index contributed by atoms with van der Waals surface area (Å²) in [7, 11) is 1.66. The average molecular weight is 507 g/mol. The molecule has 1 aliphatic heterocycles. The minimum Gasteiger partial charge on any atom is -0.508 e. The summed E-state index contributed by atoms with van der Waals surface area (Å²) < 4.78 is 6.06. The largest absolute Gasteiger partial charge is 0.508 e. The minimum absolute atomic E-state index is 0.114. The molecule has 0 aromatic heterocycles. The van der Waals surface area contributed by atoms with Crippen LogP contribution < -0.4 is 10.1 Å². The number of phenols is 2. The number of aliphatic imine (C=N–C) groups is 1. The molecule has 4 saturated carbocycles. The van der Waals surface area contributed by atoms with Crippen LogP contribution in [0.1, 0.15) is 61.1 Å². The van der Waals surface area contributed by atoms with Gasteiger partial charge >= 0.3 is 0 Å². The number of phenolic OH excluding ortho intramolecular Hbond substituents is 2. The molecular formula is C29H34N2O6. The van der Waals surface area contributed by atoms with E-state index in [4.69, 9.17) is 9.84 Å². The summed E-state index contributed by atoms with van der Waals surface area (Å²) >= 11 is 0. The van der Waals surface area contributed by atoms with Crippen LogP contribution in [-0.2, 0) is 10.2 Å². The van der Waals surface area contributed by atoms with Gasteiger partial charge in [0.25, 0.3) is 0 Å². The summed E-state index contributed by atoms with van der Waals surface area (Å²) in [6.07, 6.45) is 4.70. The molecule has 5 aliphatic rings. The van der Waals surface area contributed by atoms with E-state index in [1.165, 1.54) is 0 Å². The lowest BCUT2D eigenvalue weighted by molar-refractivity contribution is -0.121. The number of benzene rings is 2. The SMILES string of the molecule is CNC(=O)C1CC1c1ccc(O)cc1.Cc1ccc(O)c2c1[C@]13C(=NCC4(O)CC4)C1(O)CCC[C@@H]3O2. The number of aryl methyl sites for hydroxylation is 1. The number of hydrogen-bond acceptors (Lipinski definition) is 7. The normalized spacial score (nSPS) is 34.2. The predicted molar refractivity (Wildman–Crippen MR) is 137 cm³/mol. The van der Waals surface area contributed by atoms with Crippen LogP contribution in [0.25, 0.3) is 0 Å². The Hall–Kier alpha value is -3.10. The maximum absolute atomic E-state index is 11.3. The molecule has 1 amide bonds. The zero-order chi connectivity index (χ0) is 26.2. The molecule has 2 aromatic carbocycles. The van der Waals surface area contributed by atoms with E-state index < -0.39 is 16.6 Å². The van der Waals surface area contributed by atoms with Gasteiger partial charge in [0.2, 0.25) is 5.91 Å². The molecule has 196 valence electrons. The van der Waals surface area contributed by atoms with Crippen molar-refractivity contribution in [3.05, 3.63) is 53.1 Å². The Morgan fingerprint density at radius 2 is 1.84 bits per heavy atom. The Bertz CT molecular complexity index is 1290. The van der Waals surface area contributed by atoms with Gasteiger partial charge < -0.3 is 30.5 Å². The van der Waals surface area contributed by atoms with E-state index >= 15 is 0 Å². The Kier molecular flexibility index (Phi) is 5.37. The lowest BCUT2D eigenvalue weighted by atomic mass is 9.78. The van der Waals surface area contributed by atoms with Gasteiger partial charge in [0.15, 0.2) is 11.5 Å². The van der Waals surface area contributed by atoms with E-state index in [9.17, 15) is 20.1 Å². The topological polar surface area (TPSA) is 132 Å². The van der Waals surface area contributed by atoms with Crippen molar-refractivity contribution in [3.63, 3.8) is 0 Å². The second-order valence-corrected chi connectivity index (χ2v) is 11.3. The maximum atomic E-state index is 11.3. The van der Waals surface area contributed by atoms with Crippen molar-refractivity contribution in [2.24, 2.45) is 10.9 Å². The number of ether oxygens (including phenoxy) is 1. The smallest absolute Gasteiger partial charge is 0.223 e. The molecule has 2 aromatic rings. The van der Waals surface area contributed by atoms with Gasteiger partial charge in [-0.3, -0.25) is 9.79 Å². The van der Waals surface area contributed by atoms with Gasteiger partial charge in [-0.25, -0.2) is 0 Å². The first-order valence-corrected chi connectivity index (χ1v) is 13.1. The number of nitrogens with one attached hydrogen (secondary N) is 1. The van der Waals surface area contributed by atoms with E-state index in [1.54, 1.807) is 25.2 Å². The zero-order valence-electron chi connectivity index (χ0n) is 21.2. The van der Waals surface area contributed by atoms with Crippen molar-refractivity contribution < 1.29 is 30.0 Å². The zero-order valence-corrected chi connectivity index (χ0v) is 21.2. The summed E-state index contributed by atoms with van der Waals surface area (Å²) in [4.78, 5) is 15.9. The van der Waals surface area contributed by atoms with Crippen molar-refractivity contribution in [2.45, 2.75) is 74.1 Å². The van der Waals surface area contributed by atoms with Crippen molar-refractivity contribution in [1.29, 1.82) is 0 Å². The van der Waals surface area contributed by atoms with Gasteiger partial charge in [0.05, 0.1) is 17.9 Å². The molecular weight excluding hydrogens is 472 g/mol. The molecule has 37 heavy (non-hydrogen) atoms. The molecule has 5 atom stereocenters. The standard InChI is InChI=1S/C18H21NO4.C11H13NO2/c1-10-4-5-11(20)14-13(10)18-12(23-14)3-2-6-17(18,22)15(18)19-9-16(21)7-8-16;1-12-11(14)10-6-9(10)7-2-4-8(13)5-3-7/h4-5,12,20-22H,2-3,6-9H2,1H3;2-5,9-10,13H,6H2,1H3,(H,12,14)/t12-,17?,18+;/m0./s1. The van der Waals surface area contributed by atoms with Gasteiger partial charge in [-0.15, -0.1) is 0 Å².